The molecule has 21 heavy (non-hydrogen) atoms. The lowest BCUT2D eigenvalue weighted by molar-refractivity contribution is -0.144. The summed E-state index contributed by atoms with van der Waals surface area (Å²) < 4.78 is 11.4. The maximum absolute atomic E-state index is 12.5. The summed E-state index contributed by atoms with van der Waals surface area (Å²) in [5, 5.41) is 2.74. The number of carbonyl (C=O) groups excluding carboxylic acids is 2. The second kappa shape index (κ2) is 6.85. The minimum atomic E-state index is -0.918. The zero-order valence-electron chi connectivity index (χ0n) is 12.2. The molecule has 1 aromatic rings. The van der Waals surface area contributed by atoms with Crippen molar-refractivity contribution in [2.75, 3.05) is 19.3 Å². The van der Waals surface area contributed by atoms with Gasteiger partial charge in [-0.1, -0.05) is 37.3 Å². The van der Waals surface area contributed by atoms with E-state index in [1.165, 1.54) is 0 Å². The van der Waals surface area contributed by atoms with E-state index in [2.05, 4.69) is 5.32 Å². The number of nitrogens with one attached hydrogen (secondary N) is 1. The number of hydrogen-bond donors (Lipinski definition) is 1. The van der Waals surface area contributed by atoms with Crippen molar-refractivity contribution in [1.82, 2.24) is 10.2 Å². The molecule has 5 nitrogen and oxygen atoms in total. The summed E-state index contributed by atoms with van der Waals surface area (Å²) in [4.78, 5) is 25.9. The van der Waals surface area contributed by atoms with Gasteiger partial charge in [-0.25, -0.2) is 0 Å². The SMILES string of the molecule is CC(CCN1CC(=O)NC(c2ccccc2)C1=O)S(C)=O. The maximum Gasteiger partial charge on any atom is 0.250 e. The highest BCUT2D eigenvalue weighted by Gasteiger charge is 2.33. The van der Waals surface area contributed by atoms with Crippen molar-refractivity contribution < 1.29 is 13.8 Å². The largest absolute Gasteiger partial charge is 0.339 e. The Hall–Kier alpha value is -1.69. The molecule has 3 unspecified atom stereocenters. The fourth-order valence-electron chi connectivity index (χ4n) is 2.27. The van der Waals surface area contributed by atoms with Gasteiger partial charge in [-0.15, -0.1) is 0 Å². The summed E-state index contributed by atoms with van der Waals surface area (Å²) >= 11 is 0. The highest BCUT2D eigenvalue weighted by atomic mass is 32.2. The molecule has 0 radical (unpaired) electrons. The van der Waals surface area contributed by atoms with Gasteiger partial charge in [0.05, 0.1) is 6.54 Å². The first-order valence-electron chi connectivity index (χ1n) is 6.94. The molecule has 1 saturated heterocycles. The van der Waals surface area contributed by atoms with Crippen LogP contribution in [0.2, 0.25) is 0 Å². The Balaban J connectivity index is 2.07. The van der Waals surface area contributed by atoms with Gasteiger partial charge in [-0.05, 0) is 12.0 Å². The lowest BCUT2D eigenvalue weighted by Crippen LogP contribution is -2.53. The van der Waals surface area contributed by atoms with Crippen molar-refractivity contribution in [2.24, 2.45) is 0 Å². The Bertz CT molecular complexity index is 547. The van der Waals surface area contributed by atoms with Crippen molar-refractivity contribution in [2.45, 2.75) is 24.6 Å². The van der Waals surface area contributed by atoms with Crippen LogP contribution in [0, 0.1) is 0 Å². The number of amides is 2. The van der Waals surface area contributed by atoms with Gasteiger partial charge in [0.25, 0.3) is 0 Å². The van der Waals surface area contributed by atoms with Crippen molar-refractivity contribution in [1.29, 1.82) is 0 Å². The Morgan fingerprint density at radius 2 is 2.00 bits per heavy atom. The van der Waals surface area contributed by atoms with Gasteiger partial charge in [0.2, 0.25) is 11.8 Å². The second-order valence-corrected chi connectivity index (χ2v) is 7.07. The van der Waals surface area contributed by atoms with Crippen molar-refractivity contribution in [3.8, 4) is 0 Å². The molecule has 0 saturated carbocycles. The molecular weight excluding hydrogens is 288 g/mol. The minimum absolute atomic E-state index is 0.0120. The number of hydrogen-bond acceptors (Lipinski definition) is 3. The molecule has 1 aromatic carbocycles. The van der Waals surface area contributed by atoms with Crippen molar-refractivity contribution >= 4 is 22.6 Å². The van der Waals surface area contributed by atoms with Crippen LogP contribution in [0.1, 0.15) is 24.9 Å². The van der Waals surface area contributed by atoms with Crippen LogP contribution in [0.5, 0.6) is 0 Å². The summed E-state index contributed by atoms with van der Waals surface area (Å²) in [6.45, 7) is 2.42. The molecule has 1 aliphatic rings. The summed E-state index contributed by atoms with van der Waals surface area (Å²) in [5.74, 6) is -0.261. The van der Waals surface area contributed by atoms with Crippen LogP contribution >= 0.6 is 0 Å². The summed E-state index contributed by atoms with van der Waals surface area (Å²) in [7, 11) is -0.918. The lowest BCUT2D eigenvalue weighted by atomic mass is 10.0. The summed E-state index contributed by atoms with van der Waals surface area (Å²) in [6.07, 6.45) is 2.28. The zero-order chi connectivity index (χ0) is 15.4. The molecule has 3 atom stereocenters. The maximum atomic E-state index is 12.5. The third-order valence-corrected chi connectivity index (χ3v) is 5.07. The van der Waals surface area contributed by atoms with E-state index < -0.39 is 16.8 Å². The average Bonchev–Trinajstić information content (AvgIpc) is 2.48. The minimum Gasteiger partial charge on any atom is -0.339 e. The van der Waals surface area contributed by atoms with E-state index in [4.69, 9.17) is 0 Å². The molecule has 0 bridgehead atoms. The van der Waals surface area contributed by atoms with Crippen LogP contribution < -0.4 is 5.32 Å². The van der Waals surface area contributed by atoms with Crippen molar-refractivity contribution in [3.63, 3.8) is 0 Å². The van der Waals surface area contributed by atoms with Crippen LogP contribution in [0.25, 0.3) is 0 Å². The third-order valence-electron chi connectivity index (χ3n) is 3.70. The third kappa shape index (κ3) is 3.91. The average molecular weight is 308 g/mol. The molecule has 1 heterocycles. The quantitative estimate of drug-likeness (QED) is 0.877. The Morgan fingerprint density at radius 1 is 1.33 bits per heavy atom. The lowest BCUT2D eigenvalue weighted by Gasteiger charge is -2.33. The first-order valence-corrected chi connectivity index (χ1v) is 8.56. The number of nitrogens with zero attached hydrogens (tertiary/aromatic N) is 1. The van der Waals surface area contributed by atoms with E-state index in [0.29, 0.717) is 13.0 Å². The number of benzene rings is 1. The highest BCUT2D eigenvalue weighted by molar-refractivity contribution is 7.84. The molecule has 0 aromatic heterocycles. The molecule has 0 aliphatic carbocycles. The van der Waals surface area contributed by atoms with E-state index >= 15 is 0 Å². The van der Waals surface area contributed by atoms with Crippen LogP contribution in [-0.2, 0) is 20.4 Å². The number of rotatable bonds is 5. The van der Waals surface area contributed by atoms with Gasteiger partial charge in [-0.2, -0.15) is 0 Å². The van der Waals surface area contributed by atoms with Gasteiger partial charge in [-0.3, -0.25) is 13.8 Å². The van der Waals surface area contributed by atoms with Crippen LogP contribution in [0.15, 0.2) is 30.3 Å². The van der Waals surface area contributed by atoms with Crippen LogP contribution in [0.3, 0.4) is 0 Å². The molecule has 1 aliphatic heterocycles. The summed E-state index contributed by atoms with van der Waals surface area (Å²) in [6, 6.07) is 8.60. The van der Waals surface area contributed by atoms with Gasteiger partial charge in [0, 0.05) is 28.9 Å². The number of piperazine rings is 1. The first kappa shape index (κ1) is 15.7. The van der Waals surface area contributed by atoms with Crippen LogP contribution in [-0.4, -0.2) is 45.5 Å². The van der Waals surface area contributed by atoms with E-state index in [9.17, 15) is 13.8 Å². The molecule has 1 fully saturated rings. The van der Waals surface area contributed by atoms with E-state index in [1.54, 1.807) is 11.2 Å². The molecule has 1 N–H and O–H groups in total. The monoisotopic (exact) mass is 308 g/mol. The Labute approximate surface area is 127 Å². The molecule has 2 amide bonds. The smallest absolute Gasteiger partial charge is 0.250 e. The van der Waals surface area contributed by atoms with Crippen LogP contribution in [0.4, 0.5) is 0 Å². The second-order valence-electron chi connectivity index (χ2n) is 5.27. The Kier molecular flexibility index (Phi) is 5.12. The predicted molar refractivity (Wildman–Crippen MR) is 82.1 cm³/mol. The van der Waals surface area contributed by atoms with Gasteiger partial charge >= 0.3 is 0 Å². The molecule has 6 heteroatoms. The first-order chi connectivity index (χ1) is 9.99. The molecular formula is C15H20N2O3S. The number of carbonyl (C=O) groups is 2. The highest BCUT2D eigenvalue weighted by Crippen LogP contribution is 2.19. The summed E-state index contributed by atoms with van der Waals surface area (Å²) in [5.41, 5.74) is 0.785. The van der Waals surface area contributed by atoms with E-state index in [-0.39, 0.29) is 23.6 Å². The fourth-order valence-corrected chi connectivity index (χ4v) is 2.70. The standard InChI is InChI=1S/C15H20N2O3S/c1-11(21(2)20)8-9-17-10-13(18)16-14(15(17)19)12-6-4-3-5-7-12/h3-7,11,14H,8-10H2,1-2H3,(H,16,18). The normalized spacial score (nSPS) is 21.8. The zero-order valence-corrected chi connectivity index (χ0v) is 13.1. The van der Waals surface area contributed by atoms with Gasteiger partial charge in [0.1, 0.15) is 6.04 Å². The van der Waals surface area contributed by atoms with Gasteiger partial charge < -0.3 is 10.2 Å². The van der Waals surface area contributed by atoms with Crippen molar-refractivity contribution in [3.05, 3.63) is 35.9 Å². The predicted octanol–water partition coefficient (Wildman–Crippen LogP) is 0.843. The topological polar surface area (TPSA) is 66.5 Å². The van der Waals surface area contributed by atoms with E-state index in [1.807, 2.05) is 37.3 Å². The van der Waals surface area contributed by atoms with E-state index in [0.717, 1.165) is 5.56 Å². The Morgan fingerprint density at radius 3 is 2.62 bits per heavy atom. The molecule has 114 valence electrons. The fraction of sp³-hybridized carbons (Fsp3) is 0.467. The molecule has 0 spiro atoms. The van der Waals surface area contributed by atoms with Gasteiger partial charge in [0.15, 0.2) is 0 Å². The molecule has 2 rings (SSSR count).